The molecule has 0 amide bonds. The second-order valence-electron chi connectivity index (χ2n) is 6.77. The SMILES string of the molecule is O[C@@H](C#CCCOCCC#C[C@H](O)c1ccc2cc1OCO2)c1ccc2cc1OCO2. The smallest absolute Gasteiger partial charge is 0.230 e. The maximum absolute atomic E-state index is 10.2. The van der Waals surface area contributed by atoms with Gasteiger partial charge in [-0.1, -0.05) is 23.7 Å². The van der Waals surface area contributed by atoms with Crippen LogP contribution in [0.5, 0.6) is 23.0 Å². The molecule has 0 radical (unpaired) electrons. The lowest BCUT2D eigenvalue weighted by Gasteiger charge is -2.19. The lowest BCUT2D eigenvalue weighted by molar-refractivity contribution is 0.100. The van der Waals surface area contributed by atoms with Crippen molar-refractivity contribution in [3.63, 3.8) is 0 Å². The van der Waals surface area contributed by atoms with Crippen LogP contribution in [-0.2, 0) is 4.74 Å². The van der Waals surface area contributed by atoms with E-state index in [-0.39, 0.29) is 13.6 Å². The number of hydrogen-bond donors (Lipinski definition) is 2. The lowest BCUT2D eigenvalue weighted by Crippen LogP contribution is -2.13. The Morgan fingerprint density at radius 1 is 0.742 bits per heavy atom. The Kier molecular flexibility index (Phi) is 6.81. The second-order valence-corrected chi connectivity index (χ2v) is 6.77. The summed E-state index contributed by atoms with van der Waals surface area (Å²) in [5.74, 6) is 14.0. The summed E-state index contributed by atoms with van der Waals surface area (Å²) in [5.41, 5.74) is 1.24. The van der Waals surface area contributed by atoms with E-state index in [2.05, 4.69) is 23.7 Å². The summed E-state index contributed by atoms with van der Waals surface area (Å²) < 4.78 is 26.7. The van der Waals surface area contributed by atoms with E-state index in [9.17, 15) is 10.2 Å². The number of aliphatic hydroxyl groups excluding tert-OH is 2. The number of hydrogen-bond acceptors (Lipinski definition) is 7. The zero-order chi connectivity index (χ0) is 21.5. The Morgan fingerprint density at radius 2 is 1.23 bits per heavy atom. The van der Waals surface area contributed by atoms with Gasteiger partial charge in [-0.3, -0.25) is 0 Å². The molecule has 0 saturated carbocycles. The maximum Gasteiger partial charge on any atom is 0.230 e. The molecule has 2 aromatic carbocycles. The lowest BCUT2D eigenvalue weighted by atomic mass is 10.1. The molecule has 0 saturated heterocycles. The molecule has 2 N–H and O–H groups in total. The van der Waals surface area contributed by atoms with Gasteiger partial charge in [-0.15, -0.1) is 0 Å². The molecule has 0 fully saturated rings. The molecule has 4 rings (SSSR count). The first-order valence-electron chi connectivity index (χ1n) is 9.90. The highest BCUT2D eigenvalue weighted by molar-refractivity contribution is 5.46. The van der Waals surface area contributed by atoms with E-state index in [0.29, 0.717) is 60.2 Å². The van der Waals surface area contributed by atoms with Gasteiger partial charge in [-0.05, 0) is 24.3 Å². The van der Waals surface area contributed by atoms with Crippen LogP contribution in [0.25, 0.3) is 0 Å². The maximum atomic E-state index is 10.2. The molecular weight excluding hydrogens is 400 g/mol. The monoisotopic (exact) mass is 422 g/mol. The molecule has 2 heterocycles. The van der Waals surface area contributed by atoms with Crippen molar-refractivity contribution >= 4 is 0 Å². The van der Waals surface area contributed by atoms with Gasteiger partial charge >= 0.3 is 0 Å². The molecule has 2 aliphatic rings. The van der Waals surface area contributed by atoms with E-state index < -0.39 is 12.2 Å². The number of ether oxygens (including phenoxy) is 5. The van der Waals surface area contributed by atoms with Gasteiger partial charge in [0.15, 0.2) is 0 Å². The van der Waals surface area contributed by atoms with Gasteiger partial charge in [0.1, 0.15) is 35.2 Å². The fraction of sp³-hybridized carbons (Fsp3) is 0.333. The second kappa shape index (κ2) is 10.1. The fourth-order valence-corrected chi connectivity index (χ4v) is 3.07. The minimum absolute atomic E-state index is 0.138. The highest BCUT2D eigenvalue weighted by Gasteiger charge is 2.17. The Morgan fingerprint density at radius 3 is 1.71 bits per heavy atom. The Labute approximate surface area is 180 Å². The Hall–Kier alpha value is -3.36. The van der Waals surface area contributed by atoms with E-state index in [1.165, 1.54) is 0 Å². The number of aliphatic hydroxyl groups is 2. The van der Waals surface area contributed by atoms with Gasteiger partial charge in [0, 0.05) is 36.1 Å². The van der Waals surface area contributed by atoms with Crippen LogP contribution in [0.1, 0.15) is 36.2 Å². The molecule has 4 bridgehead atoms. The average molecular weight is 422 g/mol. The standard InChI is InChI=1S/C24H22O7/c25-21(19-9-7-17-13-23(19)30-15-28-17)5-1-3-11-27-12-4-2-6-22(26)20-10-8-18-14-24(20)31-16-29-18/h7-10,13-14,21-22,25-26H,3-4,11-12,15-16H2/t21-,22-/m0/s1. The molecule has 0 spiro atoms. The van der Waals surface area contributed by atoms with Crippen molar-refractivity contribution in [3.05, 3.63) is 47.5 Å². The third-order valence-electron chi connectivity index (χ3n) is 4.66. The van der Waals surface area contributed by atoms with Gasteiger partial charge in [-0.25, -0.2) is 0 Å². The zero-order valence-electron chi connectivity index (χ0n) is 16.8. The van der Waals surface area contributed by atoms with Crippen LogP contribution in [0.4, 0.5) is 0 Å². The van der Waals surface area contributed by atoms with Crippen molar-refractivity contribution < 1.29 is 33.9 Å². The summed E-state index contributed by atoms with van der Waals surface area (Å²) in [6.07, 6.45) is -0.882. The van der Waals surface area contributed by atoms with Crippen molar-refractivity contribution in [1.82, 2.24) is 0 Å². The molecule has 160 valence electrons. The van der Waals surface area contributed by atoms with Crippen molar-refractivity contribution in [2.24, 2.45) is 0 Å². The fourth-order valence-electron chi connectivity index (χ4n) is 3.07. The molecule has 0 unspecified atom stereocenters. The molecule has 2 aliphatic heterocycles. The van der Waals surface area contributed by atoms with Gasteiger partial charge in [0.05, 0.1) is 13.2 Å². The average Bonchev–Trinajstić information content (AvgIpc) is 2.78. The highest BCUT2D eigenvalue weighted by Crippen LogP contribution is 2.33. The minimum Gasteiger partial charge on any atom is -0.457 e. The van der Waals surface area contributed by atoms with E-state index >= 15 is 0 Å². The highest BCUT2D eigenvalue weighted by atomic mass is 16.7. The Balaban J connectivity index is 1.15. The van der Waals surface area contributed by atoms with E-state index in [1.807, 2.05) is 0 Å². The van der Waals surface area contributed by atoms with Crippen LogP contribution in [0.2, 0.25) is 0 Å². The first-order chi connectivity index (χ1) is 15.2. The molecule has 7 heteroatoms. The largest absolute Gasteiger partial charge is 0.457 e. The van der Waals surface area contributed by atoms with E-state index in [4.69, 9.17) is 23.7 Å². The summed E-state index contributed by atoms with van der Waals surface area (Å²) in [6.45, 7) is 1.14. The van der Waals surface area contributed by atoms with Crippen LogP contribution in [-0.4, -0.2) is 37.0 Å². The first-order valence-corrected chi connectivity index (χ1v) is 9.90. The van der Waals surface area contributed by atoms with Crippen molar-refractivity contribution in [2.75, 3.05) is 26.8 Å². The summed E-state index contributed by atoms with van der Waals surface area (Å²) in [4.78, 5) is 0. The quantitative estimate of drug-likeness (QED) is 0.547. The molecule has 2 atom stereocenters. The first kappa shape index (κ1) is 20.9. The zero-order valence-corrected chi connectivity index (χ0v) is 16.8. The normalized spacial score (nSPS) is 14.8. The summed E-state index contributed by atoms with van der Waals surface area (Å²) >= 11 is 0. The van der Waals surface area contributed by atoms with Crippen molar-refractivity contribution in [3.8, 4) is 46.7 Å². The molecule has 2 aromatic rings. The van der Waals surface area contributed by atoms with Gasteiger partial charge in [-0.2, -0.15) is 0 Å². The molecule has 0 aromatic heterocycles. The Bertz CT molecular complexity index is 958. The topological polar surface area (TPSA) is 86.6 Å². The predicted molar refractivity (Wildman–Crippen MR) is 111 cm³/mol. The molecule has 7 nitrogen and oxygen atoms in total. The number of fused-ring (bicyclic) bond motifs is 4. The third kappa shape index (κ3) is 5.42. The van der Waals surface area contributed by atoms with Crippen molar-refractivity contribution in [1.29, 1.82) is 0 Å². The summed E-state index contributed by atoms with van der Waals surface area (Å²) in [7, 11) is 0. The van der Waals surface area contributed by atoms with Gasteiger partial charge in [0.25, 0.3) is 0 Å². The van der Waals surface area contributed by atoms with Gasteiger partial charge in [0.2, 0.25) is 13.6 Å². The van der Waals surface area contributed by atoms with Crippen LogP contribution in [0, 0.1) is 23.7 Å². The van der Waals surface area contributed by atoms with Crippen LogP contribution >= 0.6 is 0 Å². The minimum atomic E-state index is -0.927. The van der Waals surface area contributed by atoms with Crippen molar-refractivity contribution in [2.45, 2.75) is 25.0 Å². The molecule has 0 aliphatic carbocycles. The van der Waals surface area contributed by atoms with E-state index in [1.54, 1.807) is 36.4 Å². The van der Waals surface area contributed by atoms with Gasteiger partial charge < -0.3 is 33.9 Å². The molecule has 31 heavy (non-hydrogen) atoms. The number of benzene rings is 2. The summed E-state index contributed by atoms with van der Waals surface area (Å²) in [5, 5.41) is 20.5. The number of rotatable bonds is 6. The van der Waals surface area contributed by atoms with Crippen LogP contribution in [0.15, 0.2) is 36.4 Å². The van der Waals surface area contributed by atoms with Crippen LogP contribution in [0.3, 0.4) is 0 Å². The molecular formula is C24H22O7. The predicted octanol–water partition coefficient (Wildman–Crippen LogP) is 2.71. The van der Waals surface area contributed by atoms with E-state index in [0.717, 1.165) is 0 Å². The van der Waals surface area contributed by atoms with Crippen LogP contribution < -0.4 is 18.9 Å². The summed E-state index contributed by atoms with van der Waals surface area (Å²) in [6, 6.07) is 10.5. The third-order valence-corrected chi connectivity index (χ3v) is 4.66.